The molecular formula is C15H21NO. The average molecular weight is 231 g/mol. The first kappa shape index (κ1) is 12.2. The Labute approximate surface area is 104 Å². The van der Waals surface area contributed by atoms with Gasteiger partial charge >= 0.3 is 0 Å². The topological polar surface area (TPSA) is 20.3 Å². The number of likely N-dealkylation sites (N-methyl/N-ethyl adjacent to an activating group) is 1. The van der Waals surface area contributed by atoms with Gasteiger partial charge in [-0.25, -0.2) is 0 Å². The molecule has 1 aliphatic rings. The van der Waals surface area contributed by atoms with E-state index in [-0.39, 0.29) is 5.91 Å². The summed E-state index contributed by atoms with van der Waals surface area (Å²) in [7, 11) is 0. The first-order valence-electron chi connectivity index (χ1n) is 6.64. The van der Waals surface area contributed by atoms with E-state index in [1.165, 1.54) is 25.7 Å². The fraction of sp³-hybridized carbons (Fsp3) is 0.533. The van der Waals surface area contributed by atoms with Gasteiger partial charge in [0.1, 0.15) is 0 Å². The van der Waals surface area contributed by atoms with Crippen molar-refractivity contribution in [3.63, 3.8) is 0 Å². The van der Waals surface area contributed by atoms with E-state index in [2.05, 4.69) is 11.8 Å². The molecule has 0 atom stereocenters. The van der Waals surface area contributed by atoms with Crippen molar-refractivity contribution in [2.24, 2.45) is 0 Å². The highest BCUT2D eigenvalue weighted by molar-refractivity contribution is 5.79. The van der Waals surface area contributed by atoms with Crippen LogP contribution in [0.4, 0.5) is 0 Å². The molecule has 1 aromatic rings. The maximum atomic E-state index is 12.3. The number of hydrogen-bond donors (Lipinski definition) is 0. The van der Waals surface area contributed by atoms with Crippen molar-refractivity contribution in [2.45, 2.75) is 45.1 Å². The Hall–Kier alpha value is -1.31. The minimum Gasteiger partial charge on any atom is -0.340 e. The number of carbonyl (C=O) groups excluding carboxylic acids is 1. The van der Waals surface area contributed by atoms with E-state index in [1.54, 1.807) is 0 Å². The van der Waals surface area contributed by atoms with Crippen LogP contribution in [0.1, 0.15) is 38.2 Å². The van der Waals surface area contributed by atoms with Gasteiger partial charge in [0.05, 0.1) is 6.42 Å². The van der Waals surface area contributed by atoms with Crippen molar-refractivity contribution in [1.29, 1.82) is 0 Å². The van der Waals surface area contributed by atoms with Crippen molar-refractivity contribution in [1.82, 2.24) is 4.90 Å². The highest BCUT2D eigenvalue weighted by Gasteiger charge is 2.24. The third-order valence-corrected chi connectivity index (χ3v) is 3.62. The summed E-state index contributed by atoms with van der Waals surface area (Å²) in [5.74, 6) is 0.283. The van der Waals surface area contributed by atoms with Crippen LogP contribution in [0.25, 0.3) is 0 Å². The van der Waals surface area contributed by atoms with Crippen LogP contribution in [0.15, 0.2) is 30.3 Å². The maximum absolute atomic E-state index is 12.3. The molecule has 1 saturated carbocycles. The highest BCUT2D eigenvalue weighted by Crippen LogP contribution is 2.23. The van der Waals surface area contributed by atoms with Gasteiger partial charge < -0.3 is 4.90 Å². The smallest absolute Gasteiger partial charge is 0.227 e. The van der Waals surface area contributed by atoms with E-state index >= 15 is 0 Å². The summed E-state index contributed by atoms with van der Waals surface area (Å²) in [4.78, 5) is 14.3. The van der Waals surface area contributed by atoms with Crippen LogP contribution >= 0.6 is 0 Å². The van der Waals surface area contributed by atoms with Crippen molar-refractivity contribution in [3.05, 3.63) is 35.9 Å². The molecule has 1 aliphatic carbocycles. The second-order valence-electron chi connectivity index (χ2n) is 4.78. The van der Waals surface area contributed by atoms with E-state index in [9.17, 15) is 4.79 Å². The Kier molecular flexibility index (Phi) is 4.18. The summed E-state index contributed by atoms with van der Waals surface area (Å²) in [6.07, 6.45) is 5.48. The fourth-order valence-corrected chi connectivity index (χ4v) is 2.73. The van der Waals surface area contributed by atoms with Crippen LogP contribution in [0.2, 0.25) is 0 Å². The van der Waals surface area contributed by atoms with Crippen LogP contribution in [0, 0.1) is 0 Å². The summed E-state index contributed by atoms with van der Waals surface area (Å²) in [5.41, 5.74) is 1.12. The quantitative estimate of drug-likeness (QED) is 0.780. The first-order chi connectivity index (χ1) is 8.31. The Morgan fingerprint density at radius 3 is 2.47 bits per heavy atom. The van der Waals surface area contributed by atoms with Crippen molar-refractivity contribution in [2.75, 3.05) is 6.54 Å². The monoisotopic (exact) mass is 231 g/mol. The second kappa shape index (κ2) is 5.85. The molecule has 0 heterocycles. The van der Waals surface area contributed by atoms with E-state index in [0.29, 0.717) is 12.5 Å². The number of hydrogen-bond acceptors (Lipinski definition) is 1. The fourth-order valence-electron chi connectivity index (χ4n) is 2.73. The molecule has 0 radical (unpaired) electrons. The zero-order valence-corrected chi connectivity index (χ0v) is 10.6. The molecule has 1 amide bonds. The first-order valence-corrected chi connectivity index (χ1v) is 6.64. The SMILES string of the molecule is CCN(C(=O)Cc1ccccc1)C1CCCC1. The molecule has 0 saturated heterocycles. The van der Waals surface area contributed by atoms with Gasteiger partial charge in [0.25, 0.3) is 0 Å². The molecule has 0 bridgehead atoms. The van der Waals surface area contributed by atoms with Gasteiger partial charge in [-0.1, -0.05) is 43.2 Å². The molecule has 0 N–H and O–H groups in total. The van der Waals surface area contributed by atoms with Crippen LogP contribution < -0.4 is 0 Å². The van der Waals surface area contributed by atoms with Gasteiger partial charge in [0, 0.05) is 12.6 Å². The van der Waals surface area contributed by atoms with E-state index in [4.69, 9.17) is 0 Å². The Balaban J connectivity index is 1.97. The number of rotatable bonds is 4. The van der Waals surface area contributed by atoms with Gasteiger partial charge in [-0.2, -0.15) is 0 Å². The van der Waals surface area contributed by atoms with E-state index in [0.717, 1.165) is 12.1 Å². The van der Waals surface area contributed by atoms with Crippen molar-refractivity contribution >= 4 is 5.91 Å². The minimum absolute atomic E-state index is 0.283. The van der Waals surface area contributed by atoms with Gasteiger partial charge in [-0.3, -0.25) is 4.79 Å². The Bertz CT molecular complexity index is 354. The van der Waals surface area contributed by atoms with Crippen LogP contribution in [0.5, 0.6) is 0 Å². The Morgan fingerprint density at radius 2 is 1.88 bits per heavy atom. The normalized spacial score (nSPS) is 16.1. The summed E-state index contributed by atoms with van der Waals surface area (Å²) in [5, 5.41) is 0. The predicted octanol–water partition coefficient (Wildman–Crippen LogP) is 3.02. The third-order valence-electron chi connectivity index (χ3n) is 3.62. The maximum Gasteiger partial charge on any atom is 0.227 e. The van der Waals surface area contributed by atoms with Crippen LogP contribution in [-0.2, 0) is 11.2 Å². The van der Waals surface area contributed by atoms with Crippen LogP contribution in [0.3, 0.4) is 0 Å². The number of carbonyl (C=O) groups is 1. The molecule has 2 rings (SSSR count). The summed E-state index contributed by atoms with van der Waals surface area (Å²) in [6.45, 7) is 2.93. The lowest BCUT2D eigenvalue weighted by molar-refractivity contribution is -0.132. The van der Waals surface area contributed by atoms with Gasteiger partial charge in [-0.15, -0.1) is 0 Å². The molecule has 2 heteroatoms. The molecule has 1 aromatic carbocycles. The van der Waals surface area contributed by atoms with Crippen molar-refractivity contribution in [3.8, 4) is 0 Å². The van der Waals surface area contributed by atoms with Crippen molar-refractivity contribution < 1.29 is 4.79 Å². The molecule has 0 aromatic heterocycles. The molecule has 92 valence electrons. The number of benzene rings is 1. The van der Waals surface area contributed by atoms with Gasteiger partial charge in [-0.05, 0) is 25.3 Å². The average Bonchev–Trinajstić information content (AvgIpc) is 2.85. The standard InChI is InChI=1S/C15H21NO/c1-2-16(14-10-6-7-11-14)15(17)12-13-8-4-3-5-9-13/h3-5,8-9,14H,2,6-7,10-12H2,1H3. The summed E-state index contributed by atoms with van der Waals surface area (Å²) in [6, 6.07) is 10.5. The lowest BCUT2D eigenvalue weighted by atomic mass is 10.1. The third kappa shape index (κ3) is 3.09. The van der Waals surface area contributed by atoms with Gasteiger partial charge in [0.15, 0.2) is 0 Å². The molecule has 2 nitrogen and oxygen atoms in total. The molecule has 0 unspecified atom stereocenters. The molecular weight excluding hydrogens is 210 g/mol. The zero-order valence-electron chi connectivity index (χ0n) is 10.6. The van der Waals surface area contributed by atoms with E-state index in [1.807, 2.05) is 30.3 Å². The molecule has 17 heavy (non-hydrogen) atoms. The number of amides is 1. The summed E-state index contributed by atoms with van der Waals surface area (Å²) < 4.78 is 0. The predicted molar refractivity (Wildman–Crippen MR) is 69.8 cm³/mol. The van der Waals surface area contributed by atoms with Crippen LogP contribution in [-0.4, -0.2) is 23.4 Å². The lowest BCUT2D eigenvalue weighted by Gasteiger charge is -2.27. The molecule has 1 fully saturated rings. The zero-order chi connectivity index (χ0) is 12.1. The second-order valence-corrected chi connectivity index (χ2v) is 4.78. The lowest BCUT2D eigenvalue weighted by Crippen LogP contribution is -2.39. The van der Waals surface area contributed by atoms with E-state index < -0.39 is 0 Å². The minimum atomic E-state index is 0.283. The molecule has 0 aliphatic heterocycles. The summed E-state index contributed by atoms with van der Waals surface area (Å²) >= 11 is 0. The van der Waals surface area contributed by atoms with Gasteiger partial charge in [0.2, 0.25) is 5.91 Å². The Morgan fingerprint density at radius 1 is 1.24 bits per heavy atom. The highest BCUT2D eigenvalue weighted by atomic mass is 16.2. The molecule has 0 spiro atoms. The largest absolute Gasteiger partial charge is 0.340 e. The number of nitrogens with zero attached hydrogens (tertiary/aromatic N) is 1.